The predicted octanol–water partition coefficient (Wildman–Crippen LogP) is 4.12. The third-order valence-electron chi connectivity index (χ3n) is 2.93. The van der Waals surface area contributed by atoms with Crippen LogP contribution in [0.25, 0.3) is 0 Å². The van der Waals surface area contributed by atoms with Gasteiger partial charge in [-0.25, -0.2) is 0 Å². The van der Waals surface area contributed by atoms with Gasteiger partial charge in [-0.1, -0.05) is 35.9 Å². The Morgan fingerprint density at radius 1 is 0.875 bits per heavy atom. The van der Waals surface area contributed by atoms with Gasteiger partial charge in [-0.15, -0.1) is 0 Å². The summed E-state index contributed by atoms with van der Waals surface area (Å²) in [6, 6.07) is 19.4. The van der Waals surface area contributed by atoms with Crippen LogP contribution in [0.15, 0.2) is 84.0 Å². The van der Waals surface area contributed by atoms with Crippen LogP contribution in [-0.2, 0) is 10.1 Å². The highest BCUT2D eigenvalue weighted by Crippen LogP contribution is 2.18. The number of hydrogen-bond acceptors (Lipinski definition) is 4. The third kappa shape index (κ3) is 5.83. The molecule has 124 valence electrons. The molecule has 0 saturated heterocycles. The van der Waals surface area contributed by atoms with Crippen molar-refractivity contribution in [2.45, 2.75) is 11.8 Å². The summed E-state index contributed by atoms with van der Waals surface area (Å²) in [6.07, 6.45) is 3.41. The largest absolute Gasteiger partial charge is 0.456 e. The van der Waals surface area contributed by atoms with E-state index in [9.17, 15) is 8.42 Å². The number of nitrogens with zero attached hydrogens (tertiary/aromatic N) is 1. The minimum absolute atomic E-state index is 0.0666. The highest BCUT2D eigenvalue weighted by atomic mass is 32.2. The summed E-state index contributed by atoms with van der Waals surface area (Å²) in [5.74, 6) is 1.59. The Bertz CT molecular complexity index is 811. The normalized spacial score (nSPS) is 10.4. The zero-order valence-electron chi connectivity index (χ0n) is 13.0. The Balaban J connectivity index is 0.000000177. The van der Waals surface area contributed by atoms with Crippen molar-refractivity contribution in [3.8, 4) is 11.5 Å². The molecule has 0 amide bonds. The first-order valence-corrected chi connectivity index (χ1v) is 8.56. The summed E-state index contributed by atoms with van der Waals surface area (Å²) in [7, 11) is -4.02. The van der Waals surface area contributed by atoms with E-state index in [2.05, 4.69) is 4.98 Å². The number of para-hydroxylation sites is 1. The molecule has 0 unspecified atom stereocenters. The lowest BCUT2D eigenvalue weighted by Crippen LogP contribution is -1.96. The molecule has 24 heavy (non-hydrogen) atoms. The van der Waals surface area contributed by atoms with Gasteiger partial charge in [0.1, 0.15) is 11.5 Å². The second kappa shape index (κ2) is 8.24. The van der Waals surface area contributed by atoms with Crippen LogP contribution in [0.1, 0.15) is 5.56 Å². The molecule has 0 aliphatic heterocycles. The molecule has 0 atom stereocenters. The lowest BCUT2D eigenvalue weighted by atomic mass is 10.2. The fraction of sp³-hybridized carbons (Fsp3) is 0.0556. The summed E-state index contributed by atoms with van der Waals surface area (Å²) < 4.78 is 35.1. The molecule has 0 spiro atoms. The van der Waals surface area contributed by atoms with E-state index in [1.807, 2.05) is 49.4 Å². The first-order chi connectivity index (χ1) is 11.4. The molecule has 1 heterocycles. The highest BCUT2D eigenvalue weighted by Gasteiger charge is 2.06. The van der Waals surface area contributed by atoms with Gasteiger partial charge in [-0.05, 0) is 43.3 Å². The van der Waals surface area contributed by atoms with Gasteiger partial charge in [0, 0.05) is 6.20 Å². The topological polar surface area (TPSA) is 76.5 Å². The Kier molecular flexibility index (Phi) is 6.06. The lowest BCUT2D eigenvalue weighted by molar-refractivity contribution is 0.480. The second-order valence-corrected chi connectivity index (χ2v) is 6.31. The van der Waals surface area contributed by atoms with E-state index in [0.29, 0.717) is 0 Å². The van der Waals surface area contributed by atoms with Gasteiger partial charge < -0.3 is 4.74 Å². The molecule has 3 rings (SSSR count). The molecule has 6 heteroatoms. The Hall–Kier alpha value is -2.70. The van der Waals surface area contributed by atoms with Gasteiger partial charge >= 0.3 is 0 Å². The fourth-order valence-corrected chi connectivity index (χ4v) is 2.22. The molecule has 0 radical (unpaired) electrons. The van der Waals surface area contributed by atoms with Gasteiger partial charge in [0.2, 0.25) is 0 Å². The van der Waals surface area contributed by atoms with Crippen LogP contribution in [0.4, 0.5) is 0 Å². The van der Waals surface area contributed by atoms with Crippen LogP contribution in [0.3, 0.4) is 0 Å². The second-order valence-electron chi connectivity index (χ2n) is 4.89. The van der Waals surface area contributed by atoms with E-state index in [1.54, 1.807) is 24.5 Å². The van der Waals surface area contributed by atoms with Crippen LogP contribution in [0.5, 0.6) is 11.5 Å². The molecular weight excluding hydrogens is 326 g/mol. The number of rotatable bonds is 3. The number of hydrogen-bond donors (Lipinski definition) is 1. The van der Waals surface area contributed by atoms with Crippen molar-refractivity contribution in [1.82, 2.24) is 4.98 Å². The molecule has 0 saturated carbocycles. The average molecular weight is 343 g/mol. The van der Waals surface area contributed by atoms with Crippen molar-refractivity contribution in [2.75, 3.05) is 0 Å². The summed E-state index contributed by atoms with van der Waals surface area (Å²) in [5, 5.41) is 0. The van der Waals surface area contributed by atoms with Gasteiger partial charge in [0.05, 0.1) is 11.1 Å². The minimum Gasteiger partial charge on any atom is -0.456 e. The van der Waals surface area contributed by atoms with Crippen LogP contribution >= 0.6 is 0 Å². The standard InChI is InChI=1S/C11H9NO.C7H8O3S/c1-2-5-10(6-3-1)13-11-7-4-8-12-9-11;1-6-2-4-7(5-3-6)11(8,9)10/h1-9H;2-5H,1H3,(H,8,9,10). The van der Waals surface area contributed by atoms with Crippen molar-refractivity contribution in [2.24, 2.45) is 0 Å². The maximum atomic E-state index is 10.5. The number of aromatic nitrogens is 1. The summed E-state index contributed by atoms with van der Waals surface area (Å²) in [5.41, 5.74) is 0.956. The first kappa shape index (κ1) is 17.7. The number of ether oxygens (including phenoxy) is 1. The molecule has 1 N–H and O–H groups in total. The van der Waals surface area contributed by atoms with Crippen molar-refractivity contribution in [1.29, 1.82) is 0 Å². The molecule has 1 aromatic heterocycles. The van der Waals surface area contributed by atoms with Crippen molar-refractivity contribution >= 4 is 10.1 Å². The van der Waals surface area contributed by atoms with Gasteiger partial charge in [0.15, 0.2) is 0 Å². The van der Waals surface area contributed by atoms with Crippen LogP contribution < -0.4 is 4.74 Å². The maximum absolute atomic E-state index is 10.5. The number of benzene rings is 2. The SMILES string of the molecule is Cc1ccc(S(=O)(=O)O)cc1.c1ccc(Oc2cccnc2)cc1. The quantitative estimate of drug-likeness (QED) is 0.724. The highest BCUT2D eigenvalue weighted by molar-refractivity contribution is 7.85. The molecule has 0 aliphatic rings. The molecule has 0 aliphatic carbocycles. The van der Waals surface area contributed by atoms with Gasteiger partial charge in [0.25, 0.3) is 10.1 Å². The molecule has 5 nitrogen and oxygen atoms in total. The molecular formula is C18H17NO4S. The van der Waals surface area contributed by atoms with Gasteiger partial charge in [-0.3, -0.25) is 9.54 Å². The molecule has 0 fully saturated rings. The smallest absolute Gasteiger partial charge is 0.294 e. The zero-order valence-corrected chi connectivity index (χ0v) is 13.8. The van der Waals surface area contributed by atoms with Crippen molar-refractivity contribution < 1.29 is 17.7 Å². The van der Waals surface area contributed by atoms with E-state index < -0.39 is 10.1 Å². The maximum Gasteiger partial charge on any atom is 0.294 e. The van der Waals surface area contributed by atoms with Crippen molar-refractivity contribution in [3.63, 3.8) is 0 Å². The number of aryl methyl sites for hydroxylation is 1. The van der Waals surface area contributed by atoms with E-state index in [-0.39, 0.29) is 4.90 Å². The summed E-state index contributed by atoms with van der Waals surface area (Å²) in [6.45, 7) is 1.84. The van der Waals surface area contributed by atoms with E-state index >= 15 is 0 Å². The monoisotopic (exact) mass is 343 g/mol. The van der Waals surface area contributed by atoms with Crippen molar-refractivity contribution in [3.05, 3.63) is 84.7 Å². The Morgan fingerprint density at radius 2 is 1.50 bits per heavy atom. The summed E-state index contributed by atoms with van der Waals surface area (Å²) >= 11 is 0. The molecule has 2 aromatic carbocycles. The van der Waals surface area contributed by atoms with Gasteiger partial charge in [-0.2, -0.15) is 8.42 Å². The number of pyridine rings is 1. The average Bonchev–Trinajstić information content (AvgIpc) is 2.57. The summed E-state index contributed by atoms with van der Waals surface area (Å²) in [4.78, 5) is 3.89. The zero-order chi connectivity index (χ0) is 17.4. The lowest BCUT2D eigenvalue weighted by Gasteiger charge is -2.03. The first-order valence-electron chi connectivity index (χ1n) is 7.12. The molecule has 0 bridgehead atoms. The van der Waals surface area contributed by atoms with E-state index in [4.69, 9.17) is 9.29 Å². The Morgan fingerprint density at radius 3 is 2.04 bits per heavy atom. The van der Waals surface area contributed by atoms with Crippen LogP contribution in [0.2, 0.25) is 0 Å². The van der Waals surface area contributed by atoms with Crippen LogP contribution in [0, 0.1) is 6.92 Å². The van der Waals surface area contributed by atoms with E-state index in [1.165, 1.54) is 12.1 Å². The molecule has 3 aromatic rings. The fourth-order valence-electron chi connectivity index (χ4n) is 1.74. The van der Waals surface area contributed by atoms with Crippen LogP contribution in [-0.4, -0.2) is 18.0 Å². The third-order valence-corrected chi connectivity index (χ3v) is 3.80. The Labute approximate surface area is 141 Å². The van der Waals surface area contributed by atoms with E-state index in [0.717, 1.165) is 17.1 Å². The predicted molar refractivity (Wildman–Crippen MR) is 91.7 cm³/mol. The minimum atomic E-state index is -4.02.